The quantitative estimate of drug-likeness (QED) is 0.800. The molecule has 0 aliphatic rings. The molecule has 0 aliphatic heterocycles. The SMILES string of the molecule is Cc1nnnn1-c1ccc(C(=O)NCc2ccc(F)cc2)cc1. The molecule has 0 saturated carbocycles. The lowest BCUT2D eigenvalue weighted by molar-refractivity contribution is 0.0951. The molecule has 0 bridgehead atoms. The number of nitrogens with one attached hydrogen (secondary N) is 1. The summed E-state index contributed by atoms with van der Waals surface area (Å²) in [7, 11) is 0. The summed E-state index contributed by atoms with van der Waals surface area (Å²) in [6.07, 6.45) is 0. The third-order valence-electron chi connectivity index (χ3n) is 3.37. The van der Waals surface area contributed by atoms with Gasteiger partial charge in [-0.2, -0.15) is 4.68 Å². The number of hydrogen-bond donors (Lipinski definition) is 1. The van der Waals surface area contributed by atoms with Gasteiger partial charge in [-0.05, 0) is 59.3 Å². The maximum atomic E-state index is 12.8. The molecule has 2 aromatic carbocycles. The van der Waals surface area contributed by atoms with Gasteiger partial charge >= 0.3 is 0 Å². The molecule has 3 rings (SSSR count). The number of amides is 1. The second-order valence-electron chi connectivity index (χ2n) is 4.99. The van der Waals surface area contributed by atoms with Crippen molar-refractivity contribution in [2.24, 2.45) is 0 Å². The minimum Gasteiger partial charge on any atom is -0.348 e. The molecular formula is C16H14FN5O. The van der Waals surface area contributed by atoms with Crippen molar-refractivity contribution < 1.29 is 9.18 Å². The first-order valence-electron chi connectivity index (χ1n) is 7.01. The van der Waals surface area contributed by atoms with Gasteiger partial charge in [-0.3, -0.25) is 4.79 Å². The lowest BCUT2D eigenvalue weighted by Gasteiger charge is -2.07. The van der Waals surface area contributed by atoms with Crippen molar-refractivity contribution in [3.05, 3.63) is 71.3 Å². The van der Waals surface area contributed by atoms with Gasteiger partial charge in [0.15, 0.2) is 5.82 Å². The van der Waals surface area contributed by atoms with Gasteiger partial charge in [0, 0.05) is 12.1 Å². The van der Waals surface area contributed by atoms with Gasteiger partial charge in [-0.25, -0.2) is 4.39 Å². The van der Waals surface area contributed by atoms with Crippen molar-refractivity contribution >= 4 is 5.91 Å². The summed E-state index contributed by atoms with van der Waals surface area (Å²) in [5.74, 6) is 0.168. The molecule has 0 spiro atoms. The highest BCUT2D eigenvalue weighted by Gasteiger charge is 2.07. The third kappa shape index (κ3) is 3.39. The maximum Gasteiger partial charge on any atom is 0.251 e. The van der Waals surface area contributed by atoms with Crippen LogP contribution in [0, 0.1) is 12.7 Å². The summed E-state index contributed by atoms with van der Waals surface area (Å²) < 4.78 is 14.4. The Balaban J connectivity index is 1.66. The number of rotatable bonds is 4. The number of aryl methyl sites for hydroxylation is 1. The smallest absolute Gasteiger partial charge is 0.251 e. The number of carbonyl (C=O) groups excluding carboxylic acids is 1. The Hall–Kier alpha value is -3.09. The first kappa shape index (κ1) is 14.8. The standard InChI is InChI=1S/C16H14FN5O/c1-11-19-20-21-22(11)15-8-4-13(5-9-15)16(23)18-10-12-2-6-14(17)7-3-12/h2-9H,10H2,1H3,(H,18,23). The van der Waals surface area contributed by atoms with Crippen LogP contribution < -0.4 is 5.32 Å². The number of benzene rings is 2. The van der Waals surface area contributed by atoms with E-state index in [-0.39, 0.29) is 11.7 Å². The summed E-state index contributed by atoms with van der Waals surface area (Å²) >= 11 is 0. The summed E-state index contributed by atoms with van der Waals surface area (Å²) in [6.45, 7) is 2.14. The minimum atomic E-state index is -0.298. The van der Waals surface area contributed by atoms with E-state index >= 15 is 0 Å². The van der Waals surface area contributed by atoms with E-state index in [1.807, 2.05) is 0 Å². The predicted molar refractivity (Wildman–Crippen MR) is 81.5 cm³/mol. The van der Waals surface area contributed by atoms with Crippen LogP contribution in [0.15, 0.2) is 48.5 Å². The van der Waals surface area contributed by atoms with E-state index in [0.29, 0.717) is 17.9 Å². The van der Waals surface area contributed by atoms with Gasteiger partial charge in [-0.1, -0.05) is 12.1 Å². The monoisotopic (exact) mass is 311 g/mol. The molecular weight excluding hydrogens is 297 g/mol. The van der Waals surface area contributed by atoms with E-state index in [4.69, 9.17) is 0 Å². The van der Waals surface area contributed by atoms with Gasteiger partial charge in [-0.15, -0.1) is 5.10 Å². The van der Waals surface area contributed by atoms with Gasteiger partial charge in [0.25, 0.3) is 5.91 Å². The van der Waals surface area contributed by atoms with Crippen LogP contribution in [0.1, 0.15) is 21.7 Å². The van der Waals surface area contributed by atoms with Crippen molar-refractivity contribution in [1.29, 1.82) is 0 Å². The van der Waals surface area contributed by atoms with Crippen LogP contribution in [0.5, 0.6) is 0 Å². The van der Waals surface area contributed by atoms with E-state index in [0.717, 1.165) is 11.3 Å². The van der Waals surface area contributed by atoms with E-state index in [1.54, 1.807) is 48.0 Å². The van der Waals surface area contributed by atoms with Crippen LogP contribution in [-0.4, -0.2) is 26.1 Å². The van der Waals surface area contributed by atoms with E-state index < -0.39 is 0 Å². The maximum absolute atomic E-state index is 12.8. The molecule has 0 unspecified atom stereocenters. The van der Waals surface area contributed by atoms with Crippen molar-refractivity contribution in [2.45, 2.75) is 13.5 Å². The molecule has 0 fully saturated rings. The lowest BCUT2D eigenvalue weighted by Crippen LogP contribution is -2.22. The zero-order valence-electron chi connectivity index (χ0n) is 12.4. The minimum absolute atomic E-state index is 0.200. The first-order valence-corrected chi connectivity index (χ1v) is 7.01. The number of halogens is 1. The molecule has 0 saturated heterocycles. The molecule has 116 valence electrons. The average Bonchev–Trinajstić information content (AvgIpc) is 3.00. The molecule has 0 atom stereocenters. The molecule has 1 N–H and O–H groups in total. The Labute approximate surface area is 132 Å². The average molecular weight is 311 g/mol. The molecule has 3 aromatic rings. The highest BCUT2D eigenvalue weighted by molar-refractivity contribution is 5.94. The first-order chi connectivity index (χ1) is 11.1. The zero-order valence-corrected chi connectivity index (χ0v) is 12.4. The molecule has 6 nitrogen and oxygen atoms in total. The Morgan fingerprint density at radius 3 is 2.43 bits per heavy atom. The molecule has 7 heteroatoms. The molecule has 1 amide bonds. The third-order valence-corrected chi connectivity index (χ3v) is 3.37. The second kappa shape index (κ2) is 6.35. The topological polar surface area (TPSA) is 72.7 Å². The van der Waals surface area contributed by atoms with Gasteiger partial charge in [0.1, 0.15) is 5.82 Å². The number of nitrogens with zero attached hydrogens (tertiary/aromatic N) is 4. The number of tetrazole rings is 1. The van der Waals surface area contributed by atoms with E-state index in [9.17, 15) is 9.18 Å². The van der Waals surface area contributed by atoms with Crippen LogP contribution in [0.4, 0.5) is 4.39 Å². The lowest BCUT2D eigenvalue weighted by atomic mass is 10.1. The molecule has 1 aromatic heterocycles. The molecule has 23 heavy (non-hydrogen) atoms. The highest BCUT2D eigenvalue weighted by Crippen LogP contribution is 2.10. The Kier molecular flexibility index (Phi) is 4.09. The Morgan fingerprint density at radius 2 is 1.83 bits per heavy atom. The Bertz CT molecular complexity index is 811. The fourth-order valence-corrected chi connectivity index (χ4v) is 2.11. The normalized spacial score (nSPS) is 10.5. The summed E-state index contributed by atoms with van der Waals surface area (Å²) in [5, 5.41) is 14.1. The fraction of sp³-hybridized carbons (Fsp3) is 0.125. The summed E-state index contributed by atoms with van der Waals surface area (Å²) in [5.41, 5.74) is 2.14. The van der Waals surface area contributed by atoms with E-state index in [2.05, 4.69) is 20.8 Å². The number of hydrogen-bond acceptors (Lipinski definition) is 4. The second-order valence-corrected chi connectivity index (χ2v) is 4.99. The number of aromatic nitrogens is 4. The van der Waals surface area contributed by atoms with Crippen LogP contribution in [-0.2, 0) is 6.54 Å². The van der Waals surface area contributed by atoms with Crippen LogP contribution in [0.3, 0.4) is 0 Å². The fourth-order valence-electron chi connectivity index (χ4n) is 2.11. The zero-order chi connectivity index (χ0) is 16.2. The molecule has 0 radical (unpaired) electrons. The van der Waals surface area contributed by atoms with Crippen molar-refractivity contribution in [3.8, 4) is 5.69 Å². The van der Waals surface area contributed by atoms with Crippen LogP contribution in [0.2, 0.25) is 0 Å². The van der Waals surface area contributed by atoms with Crippen molar-refractivity contribution in [3.63, 3.8) is 0 Å². The largest absolute Gasteiger partial charge is 0.348 e. The highest BCUT2D eigenvalue weighted by atomic mass is 19.1. The number of carbonyl (C=O) groups is 1. The van der Waals surface area contributed by atoms with Crippen LogP contribution in [0.25, 0.3) is 5.69 Å². The van der Waals surface area contributed by atoms with E-state index in [1.165, 1.54) is 12.1 Å². The predicted octanol–water partition coefficient (Wildman–Crippen LogP) is 2.04. The summed E-state index contributed by atoms with van der Waals surface area (Å²) in [4.78, 5) is 12.1. The van der Waals surface area contributed by atoms with Crippen molar-refractivity contribution in [2.75, 3.05) is 0 Å². The van der Waals surface area contributed by atoms with Crippen molar-refractivity contribution in [1.82, 2.24) is 25.5 Å². The van der Waals surface area contributed by atoms with Gasteiger partial charge in [0.2, 0.25) is 0 Å². The summed E-state index contributed by atoms with van der Waals surface area (Å²) in [6, 6.07) is 13.0. The Morgan fingerprint density at radius 1 is 1.13 bits per heavy atom. The molecule has 0 aliphatic carbocycles. The van der Waals surface area contributed by atoms with Crippen LogP contribution >= 0.6 is 0 Å². The van der Waals surface area contributed by atoms with Gasteiger partial charge in [0.05, 0.1) is 5.69 Å². The van der Waals surface area contributed by atoms with Gasteiger partial charge < -0.3 is 5.32 Å². The molecule has 1 heterocycles.